The van der Waals surface area contributed by atoms with Crippen LogP contribution in [0, 0.1) is 0 Å². The first kappa shape index (κ1) is 12.7. The molecule has 7 heteroatoms. The number of alkyl halides is 1. The molecule has 4 N–H and O–H groups in total. The summed E-state index contributed by atoms with van der Waals surface area (Å²) < 4.78 is 4.93. The highest BCUT2D eigenvalue weighted by Gasteiger charge is 2.43. The molecule has 1 saturated heterocycles. The van der Waals surface area contributed by atoms with E-state index in [-0.39, 0.29) is 5.88 Å². The van der Waals surface area contributed by atoms with Crippen LogP contribution in [0.5, 0.6) is 0 Å². The van der Waals surface area contributed by atoms with Crippen molar-refractivity contribution in [2.75, 3.05) is 5.88 Å². The maximum atomic E-state index is 10.8. The third kappa shape index (κ3) is 2.79. The van der Waals surface area contributed by atoms with Crippen molar-refractivity contribution in [3.63, 3.8) is 0 Å². The van der Waals surface area contributed by atoms with E-state index in [4.69, 9.17) is 16.3 Å². The first-order chi connectivity index (χ1) is 6.97. The molecule has 0 aliphatic carbocycles. The second kappa shape index (κ2) is 5.09. The third-order valence-electron chi connectivity index (χ3n) is 2.24. The van der Waals surface area contributed by atoms with Crippen LogP contribution in [0.3, 0.4) is 0 Å². The number of aliphatic hydroxyl groups excluding tert-OH is 3. The lowest BCUT2D eigenvalue weighted by atomic mass is 9.97. The van der Waals surface area contributed by atoms with Crippen LogP contribution in [0.15, 0.2) is 0 Å². The van der Waals surface area contributed by atoms with Gasteiger partial charge in [0.15, 0.2) is 6.29 Å². The summed E-state index contributed by atoms with van der Waals surface area (Å²) in [4.78, 5) is 10.8. The number of nitrogens with one attached hydrogen (secondary N) is 1. The van der Waals surface area contributed by atoms with E-state index >= 15 is 0 Å². The van der Waals surface area contributed by atoms with Gasteiger partial charge >= 0.3 is 0 Å². The lowest BCUT2D eigenvalue weighted by molar-refractivity contribution is -0.241. The van der Waals surface area contributed by atoms with Crippen LogP contribution < -0.4 is 5.32 Å². The molecule has 0 aromatic rings. The standard InChI is InChI=1S/C8H14ClNO5/c1-3(11)10-5-7(13)6(12)4(2-9)15-8(5)14/h4-8,12-14H,2H2,1H3,(H,10,11)/t4-,5-,6-,7-,8+/m1/s1. The van der Waals surface area contributed by atoms with Gasteiger partial charge in [-0.15, -0.1) is 11.6 Å². The van der Waals surface area contributed by atoms with Crippen molar-refractivity contribution < 1.29 is 24.9 Å². The maximum absolute atomic E-state index is 10.8. The average molecular weight is 240 g/mol. The number of ether oxygens (including phenoxy) is 1. The summed E-state index contributed by atoms with van der Waals surface area (Å²) in [7, 11) is 0. The Kier molecular flexibility index (Phi) is 4.30. The Morgan fingerprint density at radius 2 is 2.00 bits per heavy atom. The molecule has 5 atom stereocenters. The largest absolute Gasteiger partial charge is 0.388 e. The number of hydrogen-bond donors (Lipinski definition) is 4. The molecule has 1 heterocycles. The highest BCUT2D eigenvalue weighted by molar-refractivity contribution is 6.18. The molecule has 1 fully saturated rings. The molecule has 1 amide bonds. The summed E-state index contributed by atoms with van der Waals surface area (Å²) >= 11 is 5.46. The Bertz CT molecular complexity index is 239. The molecule has 0 spiro atoms. The van der Waals surface area contributed by atoms with Gasteiger partial charge < -0.3 is 25.4 Å². The van der Waals surface area contributed by atoms with Gasteiger partial charge in [0, 0.05) is 6.92 Å². The quantitative estimate of drug-likeness (QED) is 0.425. The number of carbonyl (C=O) groups is 1. The van der Waals surface area contributed by atoms with Gasteiger partial charge in [-0.3, -0.25) is 4.79 Å². The van der Waals surface area contributed by atoms with Crippen LogP contribution in [0.4, 0.5) is 0 Å². The molecule has 1 rings (SSSR count). The lowest BCUT2D eigenvalue weighted by Gasteiger charge is -2.40. The van der Waals surface area contributed by atoms with Crippen molar-refractivity contribution in [2.45, 2.75) is 37.6 Å². The molecule has 1 aliphatic heterocycles. The van der Waals surface area contributed by atoms with Gasteiger partial charge in [0.25, 0.3) is 0 Å². The minimum Gasteiger partial charge on any atom is -0.388 e. The Balaban J connectivity index is 2.70. The van der Waals surface area contributed by atoms with Crippen molar-refractivity contribution in [1.82, 2.24) is 5.32 Å². The minimum atomic E-state index is -1.38. The van der Waals surface area contributed by atoms with Crippen LogP contribution in [0.1, 0.15) is 6.92 Å². The van der Waals surface area contributed by atoms with Crippen LogP contribution in [0.25, 0.3) is 0 Å². The van der Waals surface area contributed by atoms with Crippen LogP contribution in [-0.4, -0.2) is 57.8 Å². The predicted octanol–water partition coefficient (Wildman–Crippen LogP) is -1.83. The molecule has 15 heavy (non-hydrogen) atoms. The Labute approximate surface area is 91.8 Å². The molecule has 0 radical (unpaired) electrons. The topological polar surface area (TPSA) is 99.0 Å². The molecular weight excluding hydrogens is 226 g/mol. The van der Waals surface area contributed by atoms with Gasteiger partial charge in [0.1, 0.15) is 24.4 Å². The van der Waals surface area contributed by atoms with E-state index in [9.17, 15) is 20.1 Å². The highest BCUT2D eigenvalue weighted by Crippen LogP contribution is 2.20. The minimum absolute atomic E-state index is 0.0535. The van der Waals surface area contributed by atoms with Gasteiger partial charge in [0.2, 0.25) is 5.91 Å². The summed E-state index contributed by atoms with van der Waals surface area (Å²) in [6.45, 7) is 1.24. The first-order valence-corrected chi connectivity index (χ1v) is 5.03. The number of aliphatic hydroxyl groups is 3. The molecule has 88 valence electrons. The molecular formula is C8H14ClNO5. The summed E-state index contributed by atoms with van der Waals surface area (Å²) in [5, 5.41) is 30.8. The second-order valence-corrected chi connectivity index (χ2v) is 3.74. The summed E-state index contributed by atoms with van der Waals surface area (Å²) in [5.41, 5.74) is 0. The Morgan fingerprint density at radius 1 is 1.40 bits per heavy atom. The van der Waals surface area contributed by atoms with E-state index in [0.717, 1.165) is 0 Å². The van der Waals surface area contributed by atoms with Gasteiger partial charge in [-0.2, -0.15) is 0 Å². The fraction of sp³-hybridized carbons (Fsp3) is 0.875. The maximum Gasteiger partial charge on any atom is 0.217 e. The molecule has 0 unspecified atom stereocenters. The van der Waals surface area contributed by atoms with Crippen molar-refractivity contribution in [2.24, 2.45) is 0 Å². The van der Waals surface area contributed by atoms with Gasteiger partial charge in [-0.05, 0) is 0 Å². The van der Waals surface area contributed by atoms with Crippen molar-refractivity contribution in [3.05, 3.63) is 0 Å². The van der Waals surface area contributed by atoms with E-state index in [1.165, 1.54) is 6.92 Å². The first-order valence-electron chi connectivity index (χ1n) is 4.50. The second-order valence-electron chi connectivity index (χ2n) is 3.43. The number of rotatable bonds is 2. The van der Waals surface area contributed by atoms with E-state index < -0.39 is 36.6 Å². The number of amides is 1. The summed E-state index contributed by atoms with van der Waals surface area (Å²) in [6.07, 6.45) is -4.76. The van der Waals surface area contributed by atoms with Crippen LogP contribution in [-0.2, 0) is 9.53 Å². The molecule has 6 nitrogen and oxygen atoms in total. The van der Waals surface area contributed by atoms with Gasteiger partial charge in [-0.1, -0.05) is 0 Å². The predicted molar refractivity (Wildman–Crippen MR) is 51.2 cm³/mol. The fourth-order valence-electron chi connectivity index (χ4n) is 1.46. The monoisotopic (exact) mass is 239 g/mol. The van der Waals surface area contributed by atoms with Gasteiger partial charge in [-0.25, -0.2) is 0 Å². The Hall–Kier alpha value is -0.400. The molecule has 0 bridgehead atoms. The number of carbonyl (C=O) groups excluding carboxylic acids is 1. The van der Waals surface area contributed by atoms with Crippen molar-refractivity contribution in [1.29, 1.82) is 0 Å². The summed E-state index contributed by atoms with van der Waals surface area (Å²) in [6, 6.07) is -1.04. The zero-order chi connectivity index (χ0) is 11.6. The van der Waals surface area contributed by atoms with E-state index in [2.05, 4.69) is 5.32 Å². The van der Waals surface area contributed by atoms with Crippen molar-refractivity contribution in [3.8, 4) is 0 Å². The molecule has 1 aliphatic rings. The molecule has 0 aromatic carbocycles. The van der Waals surface area contributed by atoms with E-state index in [1.807, 2.05) is 0 Å². The molecule has 0 aromatic heterocycles. The smallest absolute Gasteiger partial charge is 0.217 e. The highest BCUT2D eigenvalue weighted by atomic mass is 35.5. The zero-order valence-electron chi connectivity index (χ0n) is 8.13. The summed E-state index contributed by atoms with van der Waals surface area (Å²) in [5.74, 6) is -0.486. The lowest BCUT2D eigenvalue weighted by Crippen LogP contribution is -2.63. The Morgan fingerprint density at radius 3 is 2.47 bits per heavy atom. The number of halogens is 1. The van der Waals surface area contributed by atoms with Crippen LogP contribution >= 0.6 is 11.6 Å². The zero-order valence-corrected chi connectivity index (χ0v) is 8.89. The fourth-order valence-corrected chi connectivity index (χ4v) is 1.72. The van der Waals surface area contributed by atoms with E-state index in [0.29, 0.717) is 0 Å². The van der Waals surface area contributed by atoms with Crippen molar-refractivity contribution >= 4 is 17.5 Å². The third-order valence-corrected chi connectivity index (χ3v) is 2.55. The normalized spacial score (nSPS) is 41.3. The SMILES string of the molecule is CC(=O)N[C@@H]1[C@@H](O)[C@H](O)[C@@H](CCl)O[C@@H]1O. The van der Waals surface area contributed by atoms with E-state index in [1.54, 1.807) is 0 Å². The van der Waals surface area contributed by atoms with Gasteiger partial charge in [0.05, 0.1) is 5.88 Å². The number of hydrogen-bond acceptors (Lipinski definition) is 5. The average Bonchev–Trinajstić information content (AvgIpc) is 2.18. The van der Waals surface area contributed by atoms with Crippen LogP contribution in [0.2, 0.25) is 0 Å². The molecule has 0 saturated carbocycles.